The van der Waals surface area contributed by atoms with Gasteiger partial charge in [0.2, 0.25) is 5.91 Å². The molecule has 7 nitrogen and oxygen atoms in total. The van der Waals surface area contributed by atoms with Gasteiger partial charge in [0.05, 0.1) is 25.8 Å². The Hall–Kier alpha value is -3.32. The topological polar surface area (TPSA) is 82.1 Å². The van der Waals surface area contributed by atoms with Crippen LogP contribution < -0.4 is 10.1 Å². The largest absolute Gasteiger partial charge is 0.497 e. The summed E-state index contributed by atoms with van der Waals surface area (Å²) in [5, 5.41) is 12.8. The predicted molar refractivity (Wildman–Crippen MR) is 119 cm³/mol. The highest BCUT2D eigenvalue weighted by Gasteiger charge is 2.54. The first kappa shape index (κ1) is 20.9. The van der Waals surface area contributed by atoms with Crippen LogP contribution in [0.3, 0.4) is 0 Å². The van der Waals surface area contributed by atoms with E-state index in [-0.39, 0.29) is 43.1 Å². The summed E-state index contributed by atoms with van der Waals surface area (Å²) in [5.74, 6) is 0.557. The molecular formula is C24H27N3O4. The molecule has 2 aromatic rings. The molecule has 2 saturated heterocycles. The van der Waals surface area contributed by atoms with Crippen molar-refractivity contribution in [1.29, 1.82) is 0 Å². The van der Waals surface area contributed by atoms with Gasteiger partial charge in [-0.25, -0.2) is 4.79 Å². The first-order chi connectivity index (χ1) is 15.0. The molecule has 2 heterocycles. The van der Waals surface area contributed by atoms with Gasteiger partial charge in [-0.2, -0.15) is 0 Å². The van der Waals surface area contributed by atoms with Gasteiger partial charge in [-0.3, -0.25) is 4.79 Å². The van der Waals surface area contributed by atoms with Gasteiger partial charge in [-0.05, 0) is 42.3 Å². The fourth-order valence-electron chi connectivity index (χ4n) is 4.55. The van der Waals surface area contributed by atoms with Crippen LogP contribution in [0.4, 0.5) is 10.5 Å². The molecule has 162 valence electrons. The number of piperazine rings is 1. The highest BCUT2D eigenvalue weighted by Crippen LogP contribution is 2.43. The second kappa shape index (κ2) is 8.81. The number of rotatable bonds is 5. The first-order valence-electron chi connectivity index (χ1n) is 10.4. The molecule has 0 aromatic heterocycles. The Morgan fingerprint density at radius 2 is 1.90 bits per heavy atom. The molecule has 0 unspecified atom stereocenters. The number of hydrogen-bond donors (Lipinski definition) is 2. The van der Waals surface area contributed by atoms with E-state index < -0.39 is 0 Å². The number of aliphatic hydroxyl groups is 1. The highest BCUT2D eigenvalue weighted by molar-refractivity contribution is 5.93. The second-order valence-electron chi connectivity index (χ2n) is 7.85. The molecule has 0 aliphatic carbocycles. The number of urea groups is 1. The second-order valence-corrected chi connectivity index (χ2v) is 7.85. The van der Waals surface area contributed by atoms with Crippen molar-refractivity contribution in [3.63, 3.8) is 0 Å². The summed E-state index contributed by atoms with van der Waals surface area (Å²) < 4.78 is 5.14. The molecule has 7 heteroatoms. The number of methoxy groups -OCH3 is 1. The maximum Gasteiger partial charge on any atom is 0.322 e. The maximum atomic E-state index is 12.8. The summed E-state index contributed by atoms with van der Waals surface area (Å²) in [5.41, 5.74) is 2.81. The number of nitrogens with one attached hydrogen (secondary N) is 1. The molecule has 2 aliphatic rings. The number of nitrogens with zero attached hydrogens (tertiary/aromatic N) is 2. The summed E-state index contributed by atoms with van der Waals surface area (Å²) in [6, 6.07) is 14.5. The molecule has 0 spiro atoms. The zero-order valence-corrected chi connectivity index (χ0v) is 17.7. The lowest BCUT2D eigenvalue weighted by atomic mass is 9.73. The minimum Gasteiger partial charge on any atom is -0.497 e. The van der Waals surface area contributed by atoms with Crippen molar-refractivity contribution >= 4 is 23.7 Å². The fourth-order valence-corrected chi connectivity index (χ4v) is 4.55. The number of aliphatic hydroxyl groups excluding tert-OH is 1. The predicted octanol–water partition coefficient (Wildman–Crippen LogP) is 2.93. The minimum atomic E-state index is -0.312. The SMILES string of the molecule is C/C=C/c1ccc([C@@H]2[C@H]3CN(C(=O)Nc4ccc(OC)cc4)CC(=O)N3[C@H]2CO)cc1. The average Bonchev–Trinajstić information content (AvgIpc) is 2.77. The van der Waals surface area contributed by atoms with E-state index in [1.165, 1.54) is 0 Å². The van der Waals surface area contributed by atoms with Gasteiger partial charge >= 0.3 is 6.03 Å². The number of carbonyl (C=O) groups is 2. The smallest absolute Gasteiger partial charge is 0.322 e. The van der Waals surface area contributed by atoms with E-state index in [9.17, 15) is 14.7 Å². The molecule has 0 saturated carbocycles. The highest BCUT2D eigenvalue weighted by atomic mass is 16.5. The van der Waals surface area contributed by atoms with Crippen LogP contribution in [0, 0.1) is 0 Å². The lowest BCUT2D eigenvalue weighted by molar-refractivity contribution is -0.159. The summed E-state index contributed by atoms with van der Waals surface area (Å²) in [4.78, 5) is 28.9. The Kier molecular flexibility index (Phi) is 5.95. The van der Waals surface area contributed by atoms with Crippen molar-refractivity contribution in [3.05, 3.63) is 65.7 Å². The average molecular weight is 421 g/mol. The third-order valence-electron chi connectivity index (χ3n) is 6.06. The Labute approximate surface area is 181 Å². The number of benzene rings is 2. The van der Waals surface area contributed by atoms with E-state index in [4.69, 9.17) is 4.74 Å². The molecule has 2 aliphatic heterocycles. The number of ether oxygens (including phenoxy) is 1. The van der Waals surface area contributed by atoms with Crippen LogP contribution >= 0.6 is 0 Å². The Morgan fingerprint density at radius 1 is 1.19 bits per heavy atom. The molecule has 31 heavy (non-hydrogen) atoms. The number of hydrogen-bond acceptors (Lipinski definition) is 4. The maximum absolute atomic E-state index is 12.8. The molecule has 2 N–H and O–H groups in total. The number of fused-ring (bicyclic) bond motifs is 1. The van der Waals surface area contributed by atoms with Crippen LogP contribution in [-0.4, -0.2) is 65.7 Å². The van der Waals surface area contributed by atoms with Crippen LogP contribution in [0.25, 0.3) is 6.08 Å². The van der Waals surface area contributed by atoms with E-state index in [1.807, 2.05) is 43.3 Å². The van der Waals surface area contributed by atoms with Crippen LogP contribution in [0.1, 0.15) is 24.0 Å². The lowest BCUT2D eigenvalue weighted by Crippen LogP contribution is -2.73. The first-order valence-corrected chi connectivity index (χ1v) is 10.4. The van der Waals surface area contributed by atoms with E-state index in [0.717, 1.165) is 11.1 Å². The molecule has 0 radical (unpaired) electrons. The van der Waals surface area contributed by atoms with Gasteiger partial charge in [0, 0.05) is 18.2 Å². The molecule has 2 fully saturated rings. The number of carbonyl (C=O) groups excluding carboxylic acids is 2. The van der Waals surface area contributed by atoms with Crippen LogP contribution in [-0.2, 0) is 4.79 Å². The standard InChI is InChI=1S/C24H27N3O4/c1-3-4-16-5-7-17(8-6-16)23-20-13-26(14-22(29)27(20)21(23)15-28)24(30)25-18-9-11-19(31-2)12-10-18/h3-12,20-21,23,28H,13-15H2,1-2H3,(H,25,30)/b4-3+/t20-,21+,23-/m1/s1. The third-order valence-corrected chi connectivity index (χ3v) is 6.06. The Balaban J connectivity index is 1.49. The molecule has 3 atom stereocenters. The molecule has 3 amide bonds. The third kappa shape index (κ3) is 4.01. The van der Waals surface area contributed by atoms with Gasteiger partial charge in [0.15, 0.2) is 0 Å². The summed E-state index contributed by atoms with van der Waals surface area (Å²) in [6.07, 6.45) is 4.01. The van der Waals surface area contributed by atoms with E-state index in [0.29, 0.717) is 18.0 Å². The van der Waals surface area contributed by atoms with Crippen molar-refractivity contribution in [2.24, 2.45) is 0 Å². The minimum absolute atomic E-state index is 0.00193. The van der Waals surface area contributed by atoms with Gasteiger partial charge in [-0.1, -0.05) is 36.4 Å². The number of allylic oxidation sites excluding steroid dienone is 1. The van der Waals surface area contributed by atoms with Gasteiger partial charge < -0.3 is 25.0 Å². The summed E-state index contributed by atoms with van der Waals surface area (Å²) in [7, 11) is 1.58. The fraction of sp³-hybridized carbons (Fsp3) is 0.333. The van der Waals surface area contributed by atoms with Gasteiger partial charge in [-0.15, -0.1) is 0 Å². The summed E-state index contributed by atoms with van der Waals surface area (Å²) in [6.45, 7) is 2.30. The number of amides is 3. The van der Waals surface area contributed by atoms with E-state index in [1.54, 1.807) is 41.2 Å². The normalized spacial score (nSPS) is 22.8. The van der Waals surface area contributed by atoms with Crippen molar-refractivity contribution < 1.29 is 19.4 Å². The van der Waals surface area contributed by atoms with Crippen LogP contribution in [0.15, 0.2) is 54.6 Å². The van der Waals surface area contributed by atoms with Gasteiger partial charge in [0.1, 0.15) is 12.3 Å². The van der Waals surface area contributed by atoms with E-state index >= 15 is 0 Å². The van der Waals surface area contributed by atoms with E-state index in [2.05, 4.69) is 5.32 Å². The lowest BCUT2D eigenvalue weighted by Gasteiger charge is -2.58. The van der Waals surface area contributed by atoms with Crippen molar-refractivity contribution in [2.45, 2.75) is 24.9 Å². The molecular weight excluding hydrogens is 394 g/mol. The van der Waals surface area contributed by atoms with Crippen LogP contribution in [0.2, 0.25) is 0 Å². The monoisotopic (exact) mass is 421 g/mol. The van der Waals surface area contributed by atoms with Crippen molar-refractivity contribution in [1.82, 2.24) is 9.80 Å². The molecule has 2 aromatic carbocycles. The van der Waals surface area contributed by atoms with Crippen molar-refractivity contribution in [3.8, 4) is 5.75 Å². The van der Waals surface area contributed by atoms with Crippen LogP contribution in [0.5, 0.6) is 5.75 Å². The Bertz CT molecular complexity index is 971. The molecule has 4 rings (SSSR count). The zero-order valence-electron chi connectivity index (χ0n) is 17.7. The molecule has 0 bridgehead atoms. The Morgan fingerprint density at radius 3 is 2.52 bits per heavy atom. The zero-order chi connectivity index (χ0) is 22.0. The summed E-state index contributed by atoms with van der Waals surface area (Å²) >= 11 is 0. The van der Waals surface area contributed by atoms with Gasteiger partial charge in [0.25, 0.3) is 0 Å². The van der Waals surface area contributed by atoms with Crippen molar-refractivity contribution in [2.75, 3.05) is 32.1 Å². The number of anilines is 1. The quantitative estimate of drug-likeness (QED) is 0.778.